The van der Waals surface area contributed by atoms with E-state index in [9.17, 15) is 27.6 Å². The van der Waals surface area contributed by atoms with Gasteiger partial charge in [0, 0.05) is 36.0 Å². The molecule has 1 aliphatic carbocycles. The zero-order chi connectivity index (χ0) is 32.3. The molecule has 3 N–H and O–H groups in total. The highest BCUT2D eigenvalue weighted by Crippen LogP contribution is 2.49. The summed E-state index contributed by atoms with van der Waals surface area (Å²) in [5.74, 6) is 0.00173. The summed E-state index contributed by atoms with van der Waals surface area (Å²) in [6.07, 6.45) is -1.98. The van der Waals surface area contributed by atoms with Gasteiger partial charge in [-0.3, -0.25) is 9.36 Å². The maximum atomic E-state index is 13.5. The average Bonchev–Trinajstić information content (AvgIpc) is 3.59. The first-order chi connectivity index (χ1) is 21.1. The van der Waals surface area contributed by atoms with Crippen LogP contribution in [0.1, 0.15) is 50.5 Å². The second kappa shape index (κ2) is 11.0. The number of imidazole rings is 1. The van der Waals surface area contributed by atoms with Crippen molar-refractivity contribution in [3.63, 3.8) is 0 Å². The number of primary amides is 1. The van der Waals surface area contributed by atoms with Crippen LogP contribution in [-0.2, 0) is 29.0 Å². The van der Waals surface area contributed by atoms with Crippen LogP contribution in [0.5, 0.6) is 0 Å². The lowest BCUT2D eigenvalue weighted by Gasteiger charge is -2.49. The van der Waals surface area contributed by atoms with Gasteiger partial charge in [0.2, 0.25) is 5.91 Å². The first-order valence-corrected chi connectivity index (χ1v) is 15.4. The Bertz CT molecular complexity index is 1830. The lowest BCUT2D eigenvalue weighted by Crippen LogP contribution is -2.56. The van der Waals surface area contributed by atoms with Gasteiger partial charge in [-0.2, -0.15) is 13.2 Å². The number of fused-ring (bicyclic) bond motifs is 2. The third-order valence-corrected chi connectivity index (χ3v) is 9.38. The van der Waals surface area contributed by atoms with Gasteiger partial charge < -0.3 is 25.3 Å². The topological polar surface area (TPSA) is 139 Å². The van der Waals surface area contributed by atoms with E-state index in [0.717, 1.165) is 36.2 Å². The third kappa shape index (κ3) is 6.49. The number of hydrogen-bond donors (Lipinski definition) is 2. The number of alkyl halides is 3. The molecule has 240 valence electrons. The maximum absolute atomic E-state index is 13.5. The molecule has 4 heterocycles. The Hall–Kier alpha value is -4.14. The molecule has 2 fully saturated rings. The number of aromatic amines is 1. The number of thiophene rings is 1. The SMILES string of the molecule is CC(C)(C)OC(=O)N(Cc1ccc2c(c1)[nH]c(=O)n2CC(N)=O)C1CCC2(C1)CN(c1ncnc3sc(CC(F)(F)F)cc13)C2. The number of aromatic nitrogens is 4. The van der Waals surface area contributed by atoms with Crippen molar-refractivity contribution in [3.8, 4) is 0 Å². The van der Waals surface area contributed by atoms with E-state index < -0.39 is 35.9 Å². The summed E-state index contributed by atoms with van der Waals surface area (Å²) in [6.45, 7) is 6.79. The van der Waals surface area contributed by atoms with E-state index in [1.807, 2.05) is 26.8 Å². The lowest BCUT2D eigenvalue weighted by atomic mass is 9.78. The number of nitrogens with one attached hydrogen (secondary N) is 1. The van der Waals surface area contributed by atoms with Crippen LogP contribution in [0.2, 0.25) is 0 Å². The molecule has 45 heavy (non-hydrogen) atoms. The number of carbonyl (C=O) groups is 2. The lowest BCUT2D eigenvalue weighted by molar-refractivity contribution is -0.126. The number of carbonyl (C=O) groups excluding carboxylic acids is 2. The minimum absolute atomic E-state index is 0.0752. The molecule has 4 aromatic rings. The van der Waals surface area contributed by atoms with Gasteiger partial charge >= 0.3 is 18.0 Å². The van der Waals surface area contributed by atoms with Gasteiger partial charge in [-0.15, -0.1) is 11.3 Å². The first kappa shape index (κ1) is 30.9. The molecule has 1 atom stereocenters. The quantitative estimate of drug-likeness (QED) is 0.297. The number of anilines is 1. The van der Waals surface area contributed by atoms with Crippen LogP contribution in [0.3, 0.4) is 0 Å². The van der Waals surface area contributed by atoms with Crippen molar-refractivity contribution >= 4 is 50.4 Å². The highest BCUT2D eigenvalue weighted by atomic mass is 32.1. The van der Waals surface area contributed by atoms with Crippen LogP contribution in [0.15, 0.2) is 35.4 Å². The summed E-state index contributed by atoms with van der Waals surface area (Å²) < 4.78 is 46.1. The van der Waals surface area contributed by atoms with Crippen molar-refractivity contribution in [2.75, 3.05) is 18.0 Å². The van der Waals surface area contributed by atoms with Crippen LogP contribution in [0.25, 0.3) is 21.3 Å². The van der Waals surface area contributed by atoms with Gasteiger partial charge in [-0.05, 0) is 63.8 Å². The van der Waals surface area contributed by atoms with Gasteiger partial charge in [0.05, 0.1) is 22.8 Å². The average molecular weight is 646 g/mol. The van der Waals surface area contributed by atoms with E-state index in [1.54, 1.807) is 23.1 Å². The summed E-state index contributed by atoms with van der Waals surface area (Å²) in [5, 5.41) is 0.625. The Labute approximate surface area is 260 Å². The van der Waals surface area contributed by atoms with Crippen molar-refractivity contribution in [1.29, 1.82) is 0 Å². The van der Waals surface area contributed by atoms with Crippen molar-refractivity contribution < 1.29 is 27.5 Å². The molecule has 2 aliphatic rings. The molecule has 1 aromatic carbocycles. The standard InChI is InChI=1S/C30H34F3N7O4S/c1-28(2,3)44-27(43)39(12-17-4-5-22-21(8-17)37-26(42)40(22)13-23(34)41)18-6-7-29(10-18)14-38(15-29)24-20-9-19(11-30(31,32)33)45-25(20)36-16-35-24/h4-5,8-9,16,18H,6-7,10-15H2,1-3H3,(H2,34,41)(H,37,42). The van der Waals surface area contributed by atoms with Crippen LogP contribution in [-0.4, -0.2) is 67.3 Å². The first-order valence-electron chi connectivity index (χ1n) is 14.6. The van der Waals surface area contributed by atoms with E-state index in [4.69, 9.17) is 10.5 Å². The Morgan fingerprint density at radius 3 is 2.64 bits per heavy atom. The minimum Gasteiger partial charge on any atom is -0.444 e. The van der Waals surface area contributed by atoms with Gasteiger partial charge in [0.25, 0.3) is 0 Å². The molecule has 1 spiro atoms. The fraction of sp³-hybridized carbons (Fsp3) is 0.500. The maximum Gasteiger partial charge on any atom is 0.410 e. The second-order valence-electron chi connectivity index (χ2n) is 13.1. The number of H-pyrrole nitrogens is 1. The molecule has 11 nitrogen and oxygen atoms in total. The predicted octanol–water partition coefficient (Wildman–Crippen LogP) is 4.72. The van der Waals surface area contributed by atoms with Crippen LogP contribution >= 0.6 is 11.3 Å². The Balaban J connectivity index is 1.20. The van der Waals surface area contributed by atoms with E-state index in [0.29, 0.717) is 40.2 Å². The van der Waals surface area contributed by atoms with Crippen LogP contribution in [0.4, 0.5) is 23.8 Å². The summed E-state index contributed by atoms with van der Waals surface area (Å²) in [6, 6.07) is 6.76. The molecule has 6 rings (SSSR count). The molecule has 1 unspecified atom stereocenters. The van der Waals surface area contributed by atoms with Crippen molar-refractivity contribution in [2.24, 2.45) is 11.1 Å². The predicted molar refractivity (Wildman–Crippen MR) is 163 cm³/mol. The molecule has 2 amide bonds. The highest BCUT2D eigenvalue weighted by molar-refractivity contribution is 7.18. The molecule has 1 saturated heterocycles. The normalized spacial score (nSPS) is 18.1. The van der Waals surface area contributed by atoms with Crippen LogP contribution in [0, 0.1) is 5.41 Å². The van der Waals surface area contributed by atoms with Crippen molar-refractivity contribution in [2.45, 2.75) is 77.4 Å². The molecule has 1 saturated carbocycles. The van der Waals surface area contributed by atoms with E-state index in [-0.39, 0.29) is 29.4 Å². The van der Waals surface area contributed by atoms with Crippen molar-refractivity contribution in [1.82, 2.24) is 24.4 Å². The van der Waals surface area contributed by atoms with Gasteiger partial charge in [-0.25, -0.2) is 19.6 Å². The van der Waals surface area contributed by atoms with Crippen LogP contribution < -0.4 is 16.3 Å². The molecule has 3 aromatic heterocycles. The largest absolute Gasteiger partial charge is 0.444 e. The van der Waals surface area contributed by atoms with Gasteiger partial charge in [0.1, 0.15) is 29.1 Å². The fourth-order valence-corrected chi connectivity index (χ4v) is 7.58. The van der Waals surface area contributed by atoms with Crippen molar-refractivity contribution in [3.05, 3.63) is 51.5 Å². The number of benzene rings is 1. The smallest absolute Gasteiger partial charge is 0.410 e. The number of halogens is 3. The summed E-state index contributed by atoms with van der Waals surface area (Å²) in [5.41, 5.74) is 5.93. The van der Waals surface area contributed by atoms with E-state index >= 15 is 0 Å². The highest BCUT2D eigenvalue weighted by Gasteiger charge is 2.51. The van der Waals surface area contributed by atoms with Gasteiger partial charge in [-0.1, -0.05) is 6.07 Å². The fourth-order valence-electron chi connectivity index (χ4n) is 6.55. The number of ether oxygens (including phenoxy) is 1. The zero-order valence-electron chi connectivity index (χ0n) is 25.1. The molecular formula is C30H34F3N7O4S. The summed E-state index contributed by atoms with van der Waals surface area (Å²) in [7, 11) is 0. The monoisotopic (exact) mass is 645 g/mol. The zero-order valence-corrected chi connectivity index (χ0v) is 25.9. The number of rotatable bonds is 7. The van der Waals surface area contributed by atoms with E-state index in [1.165, 1.54) is 10.9 Å². The Kier molecular flexibility index (Phi) is 7.57. The summed E-state index contributed by atoms with van der Waals surface area (Å²) >= 11 is 1.03. The minimum atomic E-state index is -4.30. The molecule has 1 aliphatic heterocycles. The number of nitrogens with two attached hydrogens (primary N) is 1. The number of hydrogen-bond acceptors (Lipinski definition) is 8. The number of amides is 2. The third-order valence-electron chi connectivity index (χ3n) is 8.34. The molecule has 0 bridgehead atoms. The molecule has 15 heteroatoms. The second-order valence-corrected chi connectivity index (χ2v) is 14.2. The Morgan fingerprint density at radius 1 is 1.20 bits per heavy atom. The molecular weight excluding hydrogens is 611 g/mol. The molecule has 0 radical (unpaired) electrons. The van der Waals surface area contributed by atoms with Gasteiger partial charge in [0.15, 0.2) is 0 Å². The summed E-state index contributed by atoms with van der Waals surface area (Å²) in [4.78, 5) is 53.3. The van der Waals surface area contributed by atoms with E-state index in [2.05, 4.69) is 19.9 Å². The Morgan fingerprint density at radius 2 is 1.96 bits per heavy atom. The number of nitrogens with zero attached hydrogens (tertiary/aromatic N) is 5.